The molecule has 0 aromatic heterocycles. The molecule has 16 heteroatoms. The number of sulfonamides is 1. The fourth-order valence-electron chi connectivity index (χ4n) is 6.73. The second kappa shape index (κ2) is 17.9. The van der Waals surface area contributed by atoms with Crippen LogP contribution in [0, 0.1) is 17.3 Å². The molecule has 1 aromatic rings. The molecule has 3 fully saturated rings. The zero-order valence-electron chi connectivity index (χ0n) is 32.0. The number of carbonyl (C=O) groups is 5. The van der Waals surface area contributed by atoms with Gasteiger partial charge in [0.05, 0.1) is 36.3 Å². The SMILES string of the molecule is C.C=C[C@@H]1C[C@]1(CC(=O)[C@@H]1C[C@@H](N(N)/N=C(\N)c2ccc(OC)cc2)CN1C(=O)[C@H](CCC(=O)C=C(C)C)CC(=O)OC(C)(C)C)C(=O)NS(=O)(=O)C1CC1. The van der Waals surface area contributed by atoms with E-state index in [4.69, 9.17) is 21.1 Å². The molecule has 2 amide bonds. The number of benzene rings is 1. The Balaban J connectivity index is 0.00000812. The van der Waals surface area contributed by atoms with Crippen molar-refractivity contribution in [1.82, 2.24) is 14.7 Å². The second-order valence-corrected chi connectivity index (χ2v) is 17.7. The predicted octanol–water partition coefficient (Wildman–Crippen LogP) is 3.52. The van der Waals surface area contributed by atoms with Crippen LogP contribution in [0.2, 0.25) is 0 Å². The molecular weight excluding hydrogens is 729 g/mol. The first-order valence-electron chi connectivity index (χ1n) is 18.1. The molecule has 2 aliphatic carbocycles. The average molecular weight is 787 g/mol. The number of ether oxygens (including phenoxy) is 2. The molecule has 1 heterocycles. The van der Waals surface area contributed by atoms with Crippen LogP contribution in [0.5, 0.6) is 5.75 Å². The lowest BCUT2D eigenvalue weighted by atomic mass is 9.90. The van der Waals surface area contributed by atoms with E-state index in [9.17, 15) is 32.4 Å². The normalized spacial score (nSPS) is 22.7. The van der Waals surface area contributed by atoms with Crippen molar-refractivity contribution in [3.8, 4) is 5.75 Å². The molecule has 4 rings (SSSR count). The van der Waals surface area contributed by atoms with Crippen LogP contribution in [0.3, 0.4) is 0 Å². The Kier molecular flexibility index (Phi) is 14.6. The van der Waals surface area contributed by atoms with E-state index in [1.54, 1.807) is 58.9 Å². The first-order chi connectivity index (χ1) is 25.2. The van der Waals surface area contributed by atoms with Gasteiger partial charge >= 0.3 is 5.97 Å². The highest BCUT2D eigenvalue weighted by Gasteiger charge is 2.61. The summed E-state index contributed by atoms with van der Waals surface area (Å²) in [6.07, 6.45) is 3.34. The molecule has 1 saturated heterocycles. The van der Waals surface area contributed by atoms with Crippen LogP contribution < -0.4 is 21.0 Å². The number of methoxy groups -OCH3 is 1. The fourth-order valence-corrected chi connectivity index (χ4v) is 8.12. The minimum absolute atomic E-state index is 0. The number of allylic oxidation sites excluding steroid dienone is 3. The van der Waals surface area contributed by atoms with Gasteiger partial charge in [-0.1, -0.05) is 19.1 Å². The van der Waals surface area contributed by atoms with E-state index in [0.29, 0.717) is 24.2 Å². The van der Waals surface area contributed by atoms with Crippen molar-refractivity contribution in [3.63, 3.8) is 0 Å². The number of carbonyl (C=O) groups excluding carboxylic acids is 5. The number of hydrazone groups is 1. The molecule has 1 aromatic carbocycles. The van der Waals surface area contributed by atoms with Gasteiger partial charge in [0.2, 0.25) is 21.8 Å². The fraction of sp³-hybridized carbons (Fsp3) is 0.590. The molecular formula is C39H58N6O9S. The number of nitrogens with zero attached hydrogens (tertiary/aromatic N) is 3. The summed E-state index contributed by atoms with van der Waals surface area (Å²) >= 11 is 0. The van der Waals surface area contributed by atoms with Crippen molar-refractivity contribution in [1.29, 1.82) is 0 Å². The Hall–Kier alpha value is -4.57. The van der Waals surface area contributed by atoms with E-state index in [1.165, 1.54) is 24.2 Å². The van der Waals surface area contributed by atoms with E-state index >= 15 is 0 Å². The van der Waals surface area contributed by atoms with Gasteiger partial charge in [-0.25, -0.2) is 19.4 Å². The van der Waals surface area contributed by atoms with Crippen LogP contribution in [-0.2, 0) is 38.7 Å². The third-order valence-corrected chi connectivity index (χ3v) is 11.7. The Bertz CT molecular complexity index is 1800. The van der Waals surface area contributed by atoms with Gasteiger partial charge in [-0.05, 0) is 96.6 Å². The van der Waals surface area contributed by atoms with Crippen molar-refractivity contribution >= 4 is 45.2 Å². The summed E-state index contributed by atoms with van der Waals surface area (Å²) < 4.78 is 38.3. The Morgan fingerprint density at radius 2 is 1.78 bits per heavy atom. The van der Waals surface area contributed by atoms with Gasteiger partial charge in [0, 0.05) is 37.3 Å². The molecule has 2 saturated carbocycles. The lowest BCUT2D eigenvalue weighted by Gasteiger charge is -2.29. The average Bonchev–Trinajstić information content (AvgIpc) is 4.01. The van der Waals surface area contributed by atoms with Gasteiger partial charge < -0.3 is 20.1 Å². The lowest BCUT2D eigenvalue weighted by Crippen LogP contribution is -2.47. The highest BCUT2D eigenvalue weighted by molar-refractivity contribution is 7.90. The summed E-state index contributed by atoms with van der Waals surface area (Å²) in [5, 5.41) is 4.78. The zero-order chi connectivity index (χ0) is 40.2. The number of rotatable bonds is 18. The van der Waals surface area contributed by atoms with Gasteiger partial charge in [0.15, 0.2) is 17.4 Å². The first-order valence-corrected chi connectivity index (χ1v) is 19.7. The highest BCUT2D eigenvalue weighted by atomic mass is 32.2. The molecule has 304 valence electrons. The van der Waals surface area contributed by atoms with Gasteiger partial charge in [-0.15, -0.1) is 11.7 Å². The lowest BCUT2D eigenvalue weighted by molar-refractivity contribution is -0.159. The minimum Gasteiger partial charge on any atom is -0.497 e. The smallest absolute Gasteiger partial charge is 0.307 e. The van der Waals surface area contributed by atoms with Gasteiger partial charge in [0.1, 0.15) is 11.4 Å². The number of amidine groups is 1. The van der Waals surface area contributed by atoms with E-state index in [2.05, 4.69) is 16.4 Å². The molecule has 3 aliphatic rings. The number of hydrogen-bond acceptors (Lipinski definition) is 12. The van der Waals surface area contributed by atoms with Crippen LogP contribution in [0.25, 0.3) is 0 Å². The van der Waals surface area contributed by atoms with Crippen LogP contribution in [0.1, 0.15) is 99.0 Å². The summed E-state index contributed by atoms with van der Waals surface area (Å²) in [4.78, 5) is 69.5. The molecule has 55 heavy (non-hydrogen) atoms. The molecule has 0 radical (unpaired) electrons. The number of nitrogens with two attached hydrogens (primary N) is 2. The molecule has 0 unspecified atom stereocenters. The number of hydrogen-bond donors (Lipinski definition) is 3. The summed E-state index contributed by atoms with van der Waals surface area (Å²) in [5.74, 6) is 2.88. The Morgan fingerprint density at radius 3 is 2.31 bits per heavy atom. The molecule has 5 atom stereocenters. The van der Waals surface area contributed by atoms with Gasteiger partial charge in [-0.2, -0.15) is 0 Å². The molecule has 0 spiro atoms. The molecule has 1 aliphatic heterocycles. The van der Waals surface area contributed by atoms with Crippen LogP contribution >= 0.6 is 0 Å². The number of Topliss-reactive ketones (excluding diaryl/α,β-unsaturated/α-hetero) is 1. The summed E-state index contributed by atoms with van der Waals surface area (Å²) in [5.41, 5.74) is 5.40. The van der Waals surface area contributed by atoms with Gasteiger partial charge in [-0.3, -0.25) is 28.7 Å². The van der Waals surface area contributed by atoms with E-state index < -0.39 is 73.8 Å². The van der Waals surface area contributed by atoms with Gasteiger partial charge in [0.25, 0.3) is 0 Å². The van der Waals surface area contributed by atoms with Crippen LogP contribution in [0.15, 0.2) is 53.7 Å². The molecule has 15 nitrogen and oxygen atoms in total. The summed E-state index contributed by atoms with van der Waals surface area (Å²) in [6.45, 7) is 12.3. The topological polar surface area (TPSA) is 221 Å². The Morgan fingerprint density at radius 1 is 1.15 bits per heavy atom. The quantitative estimate of drug-likeness (QED) is 0.0370. The van der Waals surface area contributed by atoms with E-state index in [-0.39, 0.29) is 64.1 Å². The maximum absolute atomic E-state index is 14.5. The second-order valence-electron chi connectivity index (χ2n) is 15.7. The van der Waals surface area contributed by atoms with Crippen molar-refractivity contribution in [2.75, 3.05) is 13.7 Å². The first kappa shape index (κ1) is 44.8. The minimum atomic E-state index is -3.90. The number of hydrazine groups is 1. The standard InChI is InChI=1S/C38H54N6O9S.CH4/c1-8-26-20-38(26,36(49)42-54(50,51)30-15-16-30)21-32(46)31-19-27(44(40)41-34(39)24-10-13-29(52-7)14-11-24)22-43(31)35(48)25(9-12-28(45)17-23(2)3)18-33(47)53-37(4,5)6;/h8,10-11,13-14,17,25-27,30-31H,1,9,12,15-16,18-22,40H2,2-7H3,(H2,39,41)(H,42,49);1H4/t25-,26-,27-,31+,38-;/m1./s1. The monoisotopic (exact) mass is 786 g/mol. The van der Waals surface area contributed by atoms with Crippen molar-refractivity contribution in [3.05, 3.63) is 54.1 Å². The summed E-state index contributed by atoms with van der Waals surface area (Å²) in [6, 6.07) is 4.93. The van der Waals surface area contributed by atoms with Crippen LogP contribution in [0.4, 0.5) is 0 Å². The third kappa shape index (κ3) is 11.7. The highest BCUT2D eigenvalue weighted by Crippen LogP contribution is 2.57. The summed E-state index contributed by atoms with van der Waals surface area (Å²) in [7, 11) is -2.37. The predicted molar refractivity (Wildman–Crippen MR) is 208 cm³/mol. The number of amides is 2. The Labute approximate surface area is 324 Å². The van der Waals surface area contributed by atoms with E-state index in [1.807, 2.05) is 0 Å². The number of ketones is 2. The van der Waals surface area contributed by atoms with E-state index in [0.717, 1.165) is 10.7 Å². The molecule has 5 N–H and O–H groups in total. The number of likely N-dealkylation sites (tertiary alicyclic amines) is 1. The largest absolute Gasteiger partial charge is 0.497 e. The number of esters is 1. The van der Waals surface area contributed by atoms with Crippen LogP contribution in [-0.4, -0.2) is 90.2 Å². The van der Waals surface area contributed by atoms with Crippen molar-refractivity contribution < 1.29 is 41.9 Å². The number of nitrogens with one attached hydrogen (secondary N) is 1. The van der Waals surface area contributed by atoms with Crippen molar-refractivity contribution in [2.45, 2.75) is 116 Å². The maximum Gasteiger partial charge on any atom is 0.307 e. The third-order valence-electron chi connectivity index (χ3n) is 9.85. The van der Waals surface area contributed by atoms with Crippen molar-refractivity contribution in [2.24, 2.45) is 33.9 Å². The zero-order valence-corrected chi connectivity index (χ0v) is 32.8. The maximum atomic E-state index is 14.5. The molecule has 0 bridgehead atoms.